The SMILES string of the molecule is CC1Cc2ccccc2N1CC(=O)Nc1cccc2ccccc12. The smallest absolute Gasteiger partial charge is 0.243 e. The molecule has 1 atom stereocenters. The second-order valence-corrected chi connectivity index (χ2v) is 6.38. The van der Waals surface area contributed by atoms with E-state index in [2.05, 4.69) is 47.5 Å². The van der Waals surface area contributed by atoms with E-state index in [-0.39, 0.29) is 5.91 Å². The predicted octanol–water partition coefficient (Wildman–Crippen LogP) is 4.23. The van der Waals surface area contributed by atoms with Gasteiger partial charge in [0.25, 0.3) is 0 Å². The molecule has 0 saturated carbocycles. The molecule has 3 nitrogen and oxygen atoms in total. The summed E-state index contributed by atoms with van der Waals surface area (Å²) in [5, 5.41) is 5.29. The first-order chi connectivity index (χ1) is 11.7. The Labute approximate surface area is 141 Å². The number of nitrogens with one attached hydrogen (secondary N) is 1. The summed E-state index contributed by atoms with van der Waals surface area (Å²) in [6, 6.07) is 22.8. The van der Waals surface area contributed by atoms with Gasteiger partial charge in [0.05, 0.1) is 6.54 Å². The number of carbonyl (C=O) groups excluding carboxylic acids is 1. The van der Waals surface area contributed by atoms with Crippen molar-refractivity contribution in [2.24, 2.45) is 0 Å². The van der Waals surface area contributed by atoms with Crippen LogP contribution in [-0.4, -0.2) is 18.5 Å². The van der Waals surface area contributed by atoms with Crippen LogP contribution in [0.25, 0.3) is 10.8 Å². The van der Waals surface area contributed by atoms with Crippen molar-refractivity contribution >= 4 is 28.1 Å². The fourth-order valence-corrected chi connectivity index (χ4v) is 3.55. The molecular formula is C21H20N2O. The predicted molar refractivity (Wildman–Crippen MR) is 99.5 cm³/mol. The number of rotatable bonds is 3. The molecule has 0 aliphatic carbocycles. The summed E-state index contributed by atoms with van der Waals surface area (Å²) in [6.07, 6.45) is 0.998. The van der Waals surface area contributed by atoms with Gasteiger partial charge >= 0.3 is 0 Å². The van der Waals surface area contributed by atoms with Crippen LogP contribution in [0, 0.1) is 0 Å². The van der Waals surface area contributed by atoms with E-state index in [0.717, 1.165) is 22.9 Å². The lowest BCUT2D eigenvalue weighted by atomic mass is 10.1. The summed E-state index contributed by atoms with van der Waals surface area (Å²) in [5.74, 6) is 0.0231. The minimum Gasteiger partial charge on any atom is -0.359 e. The van der Waals surface area contributed by atoms with Crippen molar-refractivity contribution in [2.45, 2.75) is 19.4 Å². The molecular weight excluding hydrogens is 296 g/mol. The zero-order valence-corrected chi connectivity index (χ0v) is 13.7. The Morgan fingerprint density at radius 1 is 1.04 bits per heavy atom. The van der Waals surface area contributed by atoms with Crippen molar-refractivity contribution in [1.82, 2.24) is 0 Å². The van der Waals surface area contributed by atoms with Gasteiger partial charge in [0.2, 0.25) is 5.91 Å². The standard InChI is InChI=1S/C21H20N2O/c1-15-13-17-8-3-5-12-20(17)23(15)14-21(24)22-19-11-6-9-16-7-2-4-10-18(16)19/h2-12,15H,13-14H2,1H3,(H,22,24). The van der Waals surface area contributed by atoms with E-state index in [1.807, 2.05) is 36.4 Å². The molecule has 1 aliphatic heterocycles. The molecule has 0 aromatic heterocycles. The van der Waals surface area contributed by atoms with Crippen LogP contribution in [0.1, 0.15) is 12.5 Å². The van der Waals surface area contributed by atoms with Crippen LogP contribution in [0.3, 0.4) is 0 Å². The molecule has 1 aliphatic rings. The number of carbonyl (C=O) groups is 1. The van der Waals surface area contributed by atoms with Crippen molar-refractivity contribution in [1.29, 1.82) is 0 Å². The first-order valence-corrected chi connectivity index (χ1v) is 8.34. The van der Waals surface area contributed by atoms with Crippen LogP contribution in [0.2, 0.25) is 0 Å². The third-order valence-corrected chi connectivity index (χ3v) is 4.73. The van der Waals surface area contributed by atoms with Crippen molar-refractivity contribution in [3.63, 3.8) is 0 Å². The number of hydrogen-bond donors (Lipinski definition) is 1. The molecule has 1 amide bonds. The maximum Gasteiger partial charge on any atom is 0.243 e. The molecule has 24 heavy (non-hydrogen) atoms. The zero-order chi connectivity index (χ0) is 16.5. The molecule has 0 spiro atoms. The maximum atomic E-state index is 12.6. The van der Waals surface area contributed by atoms with Crippen LogP contribution in [0.4, 0.5) is 11.4 Å². The van der Waals surface area contributed by atoms with Gasteiger partial charge in [0.15, 0.2) is 0 Å². The highest BCUT2D eigenvalue weighted by atomic mass is 16.2. The molecule has 3 aromatic rings. The highest BCUT2D eigenvalue weighted by Crippen LogP contribution is 2.31. The average Bonchev–Trinajstić information content (AvgIpc) is 2.91. The molecule has 1 N–H and O–H groups in total. The maximum absolute atomic E-state index is 12.6. The molecule has 0 radical (unpaired) electrons. The average molecular weight is 316 g/mol. The van der Waals surface area contributed by atoms with Gasteiger partial charge in [-0.2, -0.15) is 0 Å². The van der Waals surface area contributed by atoms with Gasteiger partial charge in [-0.25, -0.2) is 0 Å². The Balaban J connectivity index is 1.55. The Kier molecular flexibility index (Phi) is 3.69. The van der Waals surface area contributed by atoms with Gasteiger partial charge in [-0.1, -0.05) is 54.6 Å². The lowest BCUT2D eigenvalue weighted by Crippen LogP contribution is -2.37. The lowest BCUT2D eigenvalue weighted by molar-refractivity contribution is -0.115. The van der Waals surface area contributed by atoms with Crippen LogP contribution < -0.4 is 10.2 Å². The summed E-state index contributed by atoms with van der Waals surface area (Å²) < 4.78 is 0. The molecule has 3 aromatic carbocycles. The van der Waals surface area contributed by atoms with E-state index in [1.54, 1.807) is 0 Å². The summed E-state index contributed by atoms with van der Waals surface area (Å²) in [4.78, 5) is 14.8. The second-order valence-electron chi connectivity index (χ2n) is 6.38. The van der Waals surface area contributed by atoms with Crippen molar-refractivity contribution in [2.75, 3.05) is 16.8 Å². The molecule has 1 heterocycles. The number of benzene rings is 3. The van der Waals surface area contributed by atoms with Gasteiger partial charge in [0.1, 0.15) is 0 Å². The fourth-order valence-electron chi connectivity index (χ4n) is 3.55. The van der Waals surface area contributed by atoms with Crippen LogP contribution in [0.15, 0.2) is 66.7 Å². The Morgan fingerprint density at radius 3 is 2.71 bits per heavy atom. The topological polar surface area (TPSA) is 32.3 Å². The van der Waals surface area contributed by atoms with Crippen molar-refractivity contribution in [3.8, 4) is 0 Å². The molecule has 1 unspecified atom stereocenters. The van der Waals surface area contributed by atoms with Crippen molar-refractivity contribution < 1.29 is 4.79 Å². The molecule has 0 saturated heterocycles. The number of nitrogens with zero attached hydrogens (tertiary/aromatic N) is 1. The second kappa shape index (κ2) is 6.00. The summed E-state index contributed by atoms with van der Waals surface area (Å²) in [6.45, 7) is 2.55. The summed E-state index contributed by atoms with van der Waals surface area (Å²) in [5.41, 5.74) is 3.37. The number of amides is 1. The number of fused-ring (bicyclic) bond motifs is 2. The van der Waals surface area contributed by atoms with E-state index < -0.39 is 0 Å². The summed E-state index contributed by atoms with van der Waals surface area (Å²) >= 11 is 0. The Hall–Kier alpha value is -2.81. The van der Waals surface area contributed by atoms with Gasteiger partial charge in [-0.3, -0.25) is 4.79 Å². The highest BCUT2D eigenvalue weighted by Gasteiger charge is 2.27. The Morgan fingerprint density at radius 2 is 1.79 bits per heavy atom. The molecule has 0 bridgehead atoms. The Bertz CT molecular complexity index is 898. The van der Waals surface area contributed by atoms with E-state index in [9.17, 15) is 4.79 Å². The third-order valence-electron chi connectivity index (χ3n) is 4.73. The van der Waals surface area contributed by atoms with Crippen LogP contribution in [-0.2, 0) is 11.2 Å². The molecule has 4 rings (SSSR count). The van der Waals surface area contributed by atoms with E-state index in [0.29, 0.717) is 12.6 Å². The van der Waals surface area contributed by atoms with Gasteiger partial charge in [0, 0.05) is 22.8 Å². The summed E-state index contributed by atoms with van der Waals surface area (Å²) in [7, 11) is 0. The van der Waals surface area contributed by atoms with Crippen molar-refractivity contribution in [3.05, 3.63) is 72.3 Å². The minimum absolute atomic E-state index is 0.0231. The number of hydrogen-bond acceptors (Lipinski definition) is 2. The van der Waals surface area contributed by atoms with Gasteiger partial charge < -0.3 is 10.2 Å². The zero-order valence-electron chi connectivity index (χ0n) is 13.7. The third kappa shape index (κ3) is 2.62. The lowest BCUT2D eigenvalue weighted by Gasteiger charge is -2.24. The number of anilines is 2. The molecule has 3 heteroatoms. The molecule has 120 valence electrons. The highest BCUT2D eigenvalue weighted by molar-refractivity contribution is 6.03. The quantitative estimate of drug-likeness (QED) is 0.784. The first kappa shape index (κ1) is 14.8. The van der Waals surface area contributed by atoms with Gasteiger partial charge in [-0.15, -0.1) is 0 Å². The van der Waals surface area contributed by atoms with Gasteiger partial charge in [-0.05, 0) is 36.4 Å². The van der Waals surface area contributed by atoms with Crippen LogP contribution in [0.5, 0.6) is 0 Å². The monoisotopic (exact) mass is 316 g/mol. The first-order valence-electron chi connectivity index (χ1n) is 8.34. The normalized spacial score (nSPS) is 16.2. The van der Waals surface area contributed by atoms with E-state index >= 15 is 0 Å². The molecule has 0 fully saturated rings. The fraction of sp³-hybridized carbons (Fsp3) is 0.190. The van der Waals surface area contributed by atoms with E-state index in [4.69, 9.17) is 0 Å². The van der Waals surface area contributed by atoms with Crippen LogP contribution >= 0.6 is 0 Å². The number of para-hydroxylation sites is 1. The minimum atomic E-state index is 0.0231. The van der Waals surface area contributed by atoms with E-state index in [1.165, 1.54) is 11.3 Å². The largest absolute Gasteiger partial charge is 0.359 e.